The number of halogens is 3. The zero-order valence-electron chi connectivity index (χ0n) is 9.58. The van der Waals surface area contributed by atoms with Crippen molar-refractivity contribution in [1.29, 1.82) is 0 Å². The van der Waals surface area contributed by atoms with Crippen molar-refractivity contribution in [3.8, 4) is 0 Å². The average Bonchev–Trinajstić information content (AvgIpc) is 2.32. The Hall–Kier alpha value is -1.95. The van der Waals surface area contributed by atoms with E-state index in [1.54, 1.807) is 6.07 Å². The van der Waals surface area contributed by atoms with Gasteiger partial charge in [0.2, 0.25) is 0 Å². The number of nitrogen functional groups attached to an aromatic ring is 1. The molecule has 0 spiro atoms. The third kappa shape index (κ3) is 3.29. The van der Waals surface area contributed by atoms with Crippen molar-refractivity contribution >= 4 is 33.2 Å². The predicted octanol–water partition coefficient (Wildman–Crippen LogP) is 3.56. The molecule has 0 aromatic heterocycles. The zero-order chi connectivity index (χ0) is 14.0. The lowest BCUT2D eigenvalue weighted by Gasteiger charge is -2.07. The molecule has 6 heteroatoms. The summed E-state index contributed by atoms with van der Waals surface area (Å²) in [4.78, 5) is 11.9. The molecule has 0 radical (unpaired) electrons. The van der Waals surface area contributed by atoms with Crippen LogP contribution in [0, 0.1) is 11.6 Å². The minimum atomic E-state index is -0.710. The van der Waals surface area contributed by atoms with Crippen molar-refractivity contribution in [3.05, 3.63) is 58.1 Å². The van der Waals surface area contributed by atoms with Gasteiger partial charge in [-0.1, -0.05) is 15.9 Å². The lowest BCUT2D eigenvalue weighted by atomic mass is 10.2. The van der Waals surface area contributed by atoms with Crippen molar-refractivity contribution in [2.45, 2.75) is 0 Å². The predicted molar refractivity (Wildman–Crippen MR) is 72.9 cm³/mol. The van der Waals surface area contributed by atoms with Crippen molar-refractivity contribution in [3.63, 3.8) is 0 Å². The topological polar surface area (TPSA) is 55.1 Å². The van der Waals surface area contributed by atoms with Crippen molar-refractivity contribution in [2.75, 3.05) is 11.1 Å². The highest BCUT2D eigenvalue weighted by Crippen LogP contribution is 2.20. The molecule has 0 fully saturated rings. The lowest BCUT2D eigenvalue weighted by molar-refractivity contribution is 0.102. The fourth-order valence-corrected chi connectivity index (χ4v) is 2.04. The van der Waals surface area contributed by atoms with Gasteiger partial charge >= 0.3 is 0 Å². The molecule has 0 aliphatic rings. The highest BCUT2D eigenvalue weighted by Gasteiger charge is 2.11. The van der Waals surface area contributed by atoms with Gasteiger partial charge in [-0.15, -0.1) is 0 Å². The largest absolute Gasteiger partial charge is 0.399 e. The number of anilines is 2. The Morgan fingerprint density at radius 2 is 1.89 bits per heavy atom. The fraction of sp³-hybridized carbons (Fsp3) is 0. The summed E-state index contributed by atoms with van der Waals surface area (Å²) in [5, 5.41) is 2.29. The van der Waals surface area contributed by atoms with E-state index in [0.29, 0.717) is 10.2 Å². The first-order valence-electron chi connectivity index (χ1n) is 5.28. The summed E-state index contributed by atoms with van der Waals surface area (Å²) in [5.41, 5.74) is 6.02. The first-order chi connectivity index (χ1) is 8.95. The molecular weight excluding hydrogens is 318 g/mol. The van der Waals surface area contributed by atoms with E-state index in [1.807, 2.05) is 0 Å². The Kier molecular flexibility index (Phi) is 3.80. The molecule has 0 atom stereocenters. The number of rotatable bonds is 2. The van der Waals surface area contributed by atoms with Gasteiger partial charge in [-0.2, -0.15) is 0 Å². The van der Waals surface area contributed by atoms with E-state index in [4.69, 9.17) is 5.73 Å². The number of carbonyl (C=O) groups excluding carboxylic acids is 1. The monoisotopic (exact) mass is 326 g/mol. The first-order valence-corrected chi connectivity index (χ1v) is 6.07. The minimum Gasteiger partial charge on any atom is -0.399 e. The summed E-state index contributed by atoms with van der Waals surface area (Å²) in [6.45, 7) is 0. The zero-order valence-corrected chi connectivity index (χ0v) is 11.2. The summed E-state index contributed by atoms with van der Waals surface area (Å²) in [6, 6.07) is 7.43. The van der Waals surface area contributed by atoms with Crippen LogP contribution in [-0.4, -0.2) is 5.91 Å². The molecule has 3 nitrogen and oxygen atoms in total. The van der Waals surface area contributed by atoms with E-state index in [-0.39, 0.29) is 11.3 Å². The number of hydrogen-bond donors (Lipinski definition) is 2. The normalized spacial score (nSPS) is 10.3. The van der Waals surface area contributed by atoms with Crippen LogP contribution in [0.1, 0.15) is 10.4 Å². The number of nitrogens with one attached hydrogen (secondary N) is 1. The molecule has 98 valence electrons. The number of hydrogen-bond acceptors (Lipinski definition) is 2. The molecule has 19 heavy (non-hydrogen) atoms. The molecule has 0 saturated heterocycles. The maximum absolute atomic E-state index is 13.4. The van der Waals surface area contributed by atoms with Crippen LogP contribution in [0.4, 0.5) is 20.2 Å². The van der Waals surface area contributed by atoms with E-state index in [9.17, 15) is 13.6 Å². The second-order valence-corrected chi connectivity index (χ2v) is 4.77. The van der Waals surface area contributed by atoms with Crippen molar-refractivity contribution in [1.82, 2.24) is 0 Å². The third-order valence-corrected chi connectivity index (χ3v) is 2.82. The van der Waals surface area contributed by atoms with Gasteiger partial charge in [0.05, 0.1) is 5.69 Å². The van der Waals surface area contributed by atoms with Crippen LogP contribution in [0.25, 0.3) is 0 Å². The molecular formula is C13H9BrF2N2O. The Morgan fingerprint density at radius 1 is 1.16 bits per heavy atom. The van der Waals surface area contributed by atoms with Crippen LogP contribution in [0.15, 0.2) is 40.9 Å². The van der Waals surface area contributed by atoms with Gasteiger partial charge in [0.1, 0.15) is 11.6 Å². The molecule has 0 saturated carbocycles. The Labute approximate surface area is 116 Å². The van der Waals surface area contributed by atoms with Crippen molar-refractivity contribution < 1.29 is 13.6 Å². The SMILES string of the molecule is Nc1cc(Br)cc(C(=O)Nc2cc(F)ccc2F)c1. The average molecular weight is 327 g/mol. The number of carbonyl (C=O) groups is 1. The van der Waals surface area contributed by atoms with Gasteiger partial charge in [-0.05, 0) is 30.3 Å². The fourth-order valence-electron chi connectivity index (χ4n) is 1.53. The summed E-state index contributed by atoms with van der Waals surface area (Å²) >= 11 is 3.20. The summed E-state index contributed by atoms with van der Waals surface area (Å²) < 4.78 is 27.0. The van der Waals surface area contributed by atoms with Gasteiger partial charge in [0.15, 0.2) is 0 Å². The minimum absolute atomic E-state index is 0.219. The highest BCUT2D eigenvalue weighted by atomic mass is 79.9. The maximum Gasteiger partial charge on any atom is 0.255 e. The van der Waals surface area contributed by atoms with Gasteiger partial charge in [-0.3, -0.25) is 4.79 Å². The number of benzene rings is 2. The summed E-state index contributed by atoms with van der Waals surface area (Å²) in [6.07, 6.45) is 0. The molecule has 0 heterocycles. The molecule has 3 N–H and O–H groups in total. The van der Waals surface area contributed by atoms with Gasteiger partial charge < -0.3 is 11.1 Å². The van der Waals surface area contributed by atoms with Crippen LogP contribution in [0.5, 0.6) is 0 Å². The molecule has 2 aromatic carbocycles. The molecule has 0 aliphatic carbocycles. The van der Waals surface area contributed by atoms with Crippen LogP contribution >= 0.6 is 15.9 Å². The second kappa shape index (κ2) is 5.36. The van der Waals surface area contributed by atoms with E-state index in [1.165, 1.54) is 12.1 Å². The lowest BCUT2D eigenvalue weighted by Crippen LogP contribution is -2.13. The molecule has 2 aromatic rings. The van der Waals surface area contributed by atoms with Gasteiger partial charge in [0, 0.05) is 21.8 Å². The Morgan fingerprint density at radius 3 is 2.58 bits per heavy atom. The summed E-state index contributed by atoms with van der Waals surface area (Å²) in [5.74, 6) is -1.92. The maximum atomic E-state index is 13.4. The third-order valence-electron chi connectivity index (χ3n) is 2.36. The van der Waals surface area contributed by atoms with Crippen LogP contribution < -0.4 is 11.1 Å². The van der Waals surface area contributed by atoms with Gasteiger partial charge in [0.25, 0.3) is 5.91 Å². The van der Waals surface area contributed by atoms with Crippen LogP contribution in [-0.2, 0) is 0 Å². The van der Waals surface area contributed by atoms with Crippen molar-refractivity contribution in [2.24, 2.45) is 0 Å². The first kappa shape index (κ1) is 13.5. The highest BCUT2D eigenvalue weighted by molar-refractivity contribution is 9.10. The van der Waals surface area contributed by atoms with Gasteiger partial charge in [-0.25, -0.2) is 8.78 Å². The quantitative estimate of drug-likeness (QED) is 0.829. The Balaban J connectivity index is 2.28. The van der Waals surface area contributed by atoms with E-state index >= 15 is 0 Å². The molecule has 0 unspecified atom stereocenters. The number of amides is 1. The van der Waals surface area contributed by atoms with Crippen LogP contribution in [0.2, 0.25) is 0 Å². The molecule has 0 bridgehead atoms. The van der Waals surface area contributed by atoms with E-state index in [2.05, 4.69) is 21.2 Å². The smallest absolute Gasteiger partial charge is 0.255 e. The molecule has 1 amide bonds. The number of nitrogens with two attached hydrogens (primary N) is 1. The van der Waals surface area contributed by atoms with E-state index < -0.39 is 17.5 Å². The molecule has 2 rings (SSSR count). The Bertz CT molecular complexity index is 626. The summed E-state index contributed by atoms with van der Waals surface area (Å²) in [7, 11) is 0. The second-order valence-electron chi connectivity index (χ2n) is 3.85. The molecule has 0 aliphatic heterocycles. The van der Waals surface area contributed by atoms with Crippen LogP contribution in [0.3, 0.4) is 0 Å². The standard InChI is InChI=1S/C13H9BrF2N2O/c14-8-3-7(4-10(17)5-8)13(19)18-12-6-9(15)1-2-11(12)16/h1-6H,17H2,(H,18,19). The van der Waals surface area contributed by atoms with E-state index in [0.717, 1.165) is 18.2 Å².